The van der Waals surface area contributed by atoms with Gasteiger partial charge >= 0.3 is 12.4 Å². The van der Waals surface area contributed by atoms with Gasteiger partial charge in [0.05, 0.1) is 21.7 Å². The average Bonchev–Trinajstić information content (AvgIpc) is 3.06. The van der Waals surface area contributed by atoms with E-state index in [1.807, 2.05) is 4.72 Å². The van der Waals surface area contributed by atoms with Gasteiger partial charge in [0.15, 0.2) is 17.3 Å². The number of hydrogen-bond acceptors (Lipinski definition) is 5. The van der Waals surface area contributed by atoms with E-state index >= 15 is 0 Å². The number of anilines is 1. The maximum Gasteiger partial charge on any atom is 0.416 e. The molecule has 0 fully saturated rings. The Morgan fingerprint density at radius 2 is 1.40 bits per heavy atom. The molecule has 1 aliphatic rings. The number of alkyl halides is 6. The minimum atomic E-state index is -5.23. The van der Waals surface area contributed by atoms with Gasteiger partial charge in [-0.1, -0.05) is 0 Å². The molecule has 3 rings (SSSR count). The van der Waals surface area contributed by atoms with E-state index in [-0.39, 0.29) is 42.1 Å². The van der Waals surface area contributed by atoms with Gasteiger partial charge in [0.1, 0.15) is 0 Å². The maximum atomic E-state index is 13.0. The summed E-state index contributed by atoms with van der Waals surface area (Å²) in [6, 6.07) is 2.14. The highest BCUT2D eigenvalue weighted by Crippen LogP contribution is 2.40. The number of benzene rings is 2. The zero-order chi connectivity index (χ0) is 22.5. The summed E-state index contributed by atoms with van der Waals surface area (Å²) in [6.45, 7) is 0.868. The molecule has 0 saturated heterocycles. The number of sulfonamides is 1. The van der Waals surface area contributed by atoms with Crippen molar-refractivity contribution in [3.8, 4) is 11.5 Å². The lowest BCUT2D eigenvalue weighted by Gasteiger charge is -2.16. The molecule has 162 valence electrons. The van der Waals surface area contributed by atoms with E-state index in [9.17, 15) is 39.6 Å². The molecule has 6 nitrogen and oxygen atoms in total. The molecule has 0 unspecified atom stereocenters. The fraction of sp³-hybridized carbons (Fsp3) is 0.235. The number of halogens is 6. The van der Waals surface area contributed by atoms with Crippen molar-refractivity contribution in [1.29, 1.82) is 0 Å². The Morgan fingerprint density at radius 1 is 0.900 bits per heavy atom. The molecule has 1 heterocycles. The summed E-state index contributed by atoms with van der Waals surface area (Å²) in [6.07, 6.45) is -10.5. The van der Waals surface area contributed by atoms with Gasteiger partial charge in [-0.25, -0.2) is 8.42 Å². The average molecular weight is 455 g/mol. The smallest absolute Gasteiger partial charge is 0.416 e. The largest absolute Gasteiger partial charge is 0.454 e. The molecule has 2 aromatic carbocycles. The first-order valence-corrected chi connectivity index (χ1v) is 9.44. The highest BCUT2D eigenvalue weighted by Gasteiger charge is 2.38. The predicted molar refractivity (Wildman–Crippen MR) is 89.8 cm³/mol. The number of rotatable bonds is 4. The third-order valence-corrected chi connectivity index (χ3v) is 5.35. The lowest BCUT2D eigenvalue weighted by Crippen LogP contribution is -2.18. The molecule has 0 atom stereocenters. The third-order valence-electron chi connectivity index (χ3n) is 4.01. The second-order valence-electron chi connectivity index (χ2n) is 6.15. The molecule has 1 N–H and O–H groups in total. The maximum absolute atomic E-state index is 13.0. The Kier molecular flexibility index (Phi) is 5.13. The van der Waals surface area contributed by atoms with Gasteiger partial charge in [0.2, 0.25) is 6.79 Å². The number of nitrogens with one attached hydrogen (secondary N) is 1. The number of Topliss-reactive ketones (excluding diaryl/α,β-unsaturated/α-hetero) is 1. The van der Waals surface area contributed by atoms with Gasteiger partial charge in [0.25, 0.3) is 10.0 Å². The molecule has 2 aromatic rings. The Bertz CT molecular complexity index is 1090. The molecule has 0 aromatic heterocycles. The van der Waals surface area contributed by atoms with Crippen LogP contribution in [0.2, 0.25) is 0 Å². The Labute approximate surface area is 165 Å². The van der Waals surface area contributed by atoms with Crippen LogP contribution < -0.4 is 14.2 Å². The van der Waals surface area contributed by atoms with Crippen molar-refractivity contribution in [2.45, 2.75) is 24.2 Å². The lowest BCUT2D eigenvalue weighted by molar-refractivity contribution is -0.143. The molecule has 0 radical (unpaired) electrons. The van der Waals surface area contributed by atoms with E-state index in [0.29, 0.717) is 0 Å². The van der Waals surface area contributed by atoms with Crippen LogP contribution in [0.3, 0.4) is 0 Å². The lowest BCUT2D eigenvalue weighted by atomic mass is 10.1. The summed E-state index contributed by atoms with van der Waals surface area (Å²) in [5.74, 6) is -0.467. The van der Waals surface area contributed by atoms with Gasteiger partial charge in [0, 0.05) is 11.6 Å². The van der Waals surface area contributed by atoms with Crippen LogP contribution in [0.1, 0.15) is 28.4 Å². The van der Waals surface area contributed by atoms with Crippen LogP contribution in [0.5, 0.6) is 11.5 Å². The van der Waals surface area contributed by atoms with Crippen molar-refractivity contribution < 1.29 is 49.0 Å². The van der Waals surface area contributed by atoms with Crippen LogP contribution >= 0.6 is 0 Å². The monoisotopic (exact) mass is 455 g/mol. The van der Waals surface area contributed by atoms with Gasteiger partial charge in [-0.2, -0.15) is 26.3 Å². The number of ether oxygens (including phenoxy) is 2. The molecule has 0 aliphatic carbocycles. The molecule has 30 heavy (non-hydrogen) atoms. The Balaban J connectivity index is 2.12. The van der Waals surface area contributed by atoms with Gasteiger partial charge < -0.3 is 9.47 Å². The molecule has 0 amide bonds. The van der Waals surface area contributed by atoms with E-state index in [2.05, 4.69) is 0 Å². The topological polar surface area (TPSA) is 81.7 Å². The van der Waals surface area contributed by atoms with Crippen molar-refractivity contribution in [2.24, 2.45) is 0 Å². The van der Waals surface area contributed by atoms with E-state index in [0.717, 1.165) is 19.1 Å². The van der Waals surface area contributed by atoms with Crippen LogP contribution in [0.25, 0.3) is 0 Å². The first kappa shape index (κ1) is 21.7. The van der Waals surface area contributed by atoms with E-state index in [1.54, 1.807) is 0 Å². The summed E-state index contributed by atoms with van der Waals surface area (Å²) < 4.78 is 115. The van der Waals surface area contributed by atoms with Gasteiger partial charge in [-0.3, -0.25) is 9.52 Å². The highest BCUT2D eigenvalue weighted by molar-refractivity contribution is 7.92. The Morgan fingerprint density at radius 3 is 1.87 bits per heavy atom. The first-order valence-electron chi connectivity index (χ1n) is 7.95. The number of carbonyl (C=O) groups is 1. The minimum absolute atomic E-state index is 0.0396. The van der Waals surface area contributed by atoms with Crippen molar-refractivity contribution >= 4 is 21.5 Å². The second kappa shape index (κ2) is 7.07. The fourth-order valence-corrected chi connectivity index (χ4v) is 3.74. The third kappa shape index (κ3) is 4.30. The van der Waals surface area contributed by atoms with E-state index < -0.39 is 49.9 Å². The first-order chi connectivity index (χ1) is 13.7. The van der Waals surface area contributed by atoms with Crippen molar-refractivity contribution in [1.82, 2.24) is 0 Å². The standard InChI is InChI=1S/C17H11F6NO5S/c1-8(25)12-5-14-15(29-7-28-14)6-13(12)24-30(26,27)11-3-9(16(18,19)20)2-10(4-11)17(21,22)23/h2-6,24H,7H2,1H3. The molecule has 1 aliphatic heterocycles. The van der Waals surface area contributed by atoms with Crippen molar-refractivity contribution in [3.05, 3.63) is 47.0 Å². The summed E-state index contributed by atoms with van der Waals surface area (Å²) in [7, 11) is -4.95. The SMILES string of the molecule is CC(=O)c1cc2c(cc1NS(=O)(=O)c1cc(C(F)(F)F)cc(C(F)(F)F)c1)OCO2. The predicted octanol–water partition coefficient (Wildman–Crippen LogP) is 4.46. The fourth-order valence-electron chi connectivity index (χ4n) is 2.60. The van der Waals surface area contributed by atoms with Crippen LogP contribution in [0.15, 0.2) is 35.2 Å². The molecule has 0 saturated carbocycles. The highest BCUT2D eigenvalue weighted by atomic mass is 32.2. The second-order valence-corrected chi connectivity index (χ2v) is 7.84. The van der Waals surface area contributed by atoms with Crippen LogP contribution in [0.4, 0.5) is 32.0 Å². The zero-order valence-electron chi connectivity index (χ0n) is 14.8. The van der Waals surface area contributed by atoms with Crippen LogP contribution in [-0.2, 0) is 22.4 Å². The number of fused-ring (bicyclic) bond motifs is 1. The van der Waals surface area contributed by atoms with Gasteiger partial charge in [-0.15, -0.1) is 0 Å². The minimum Gasteiger partial charge on any atom is -0.454 e. The van der Waals surface area contributed by atoms with Crippen LogP contribution in [0, 0.1) is 0 Å². The number of hydrogen-bond donors (Lipinski definition) is 1. The summed E-state index contributed by atoms with van der Waals surface area (Å²) in [4.78, 5) is 10.6. The van der Waals surface area contributed by atoms with Gasteiger partial charge in [-0.05, 0) is 31.2 Å². The van der Waals surface area contributed by atoms with Crippen LogP contribution in [-0.4, -0.2) is 21.0 Å². The zero-order valence-corrected chi connectivity index (χ0v) is 15.6. The molecule has 0 bridgehead atoms. The Hall–Kier alpha value is -2.96. The van der Waals surface area contributed by atoms with E-state index in [1.165, 1.54) is 0 Å². The molecule has 13 heteroatoms. The quantitative estimate of drug-likeness (QED) is 0.544. The summed E-state index contributed by atoms with van der Waals surface area (Å²) in [5.41, 5.74) is -4.20. The summed E-state index contributed by atoms with van der Waals surface area (Å²) in [5, 5.41) is 0. The summed E-state index contributed by atoms with van der Waals surface area (Å²) >= 11 is 0. The molecular formula is C17H11F6NO5S. The van der Waals surface area contributed by atoms with E-state index in [4.69, 9.17) is 9.47 Å². The van der Waals surface area contributed by atoms with Crippen molar-refractivity contribution in [2.75, 3.05) is 11.5 Å². The normalized spacial score (nSPS) is 14.0. The number of carbonyl (C=O) groups excluding carboxylic acids is 1. The van der Waals surface area contributed by atoms with Crippen molar-refractivity contribution in [3.63, 3.8) is 0 Å². The number of ketones is 1. The molecule has 0 spiro atoms. The molecular weight excluding hydrogens is 444 g/mol.